The summed E-state index contributed by atoms with van der Waals surface area (Å²) in [4.78, 5) is 18.7. The second-order valence-electron chi connectivity index (χ2n) is 8.16. The van der Waals surface area contributed by atoms with Gasteiger partial charge in [-0.3, -0.25) is 4.84 Å². The van der Waals surface area contributed by atoms with E-state index in [4.69, 9.17) is 9.26 Å². The quantitative estimate of drug-likeness (QED) is 0.227. The molecule has 3 atom stereocenters. The Morgan fingerprint density at radius 1 is 1.42 bits per heavy atom. The van der Waals surface area contributed by atoms with Gasteiger partial charge in [0.2, 0.25) is 0 Å². The molecule has 0 aliphatic carbocycles. The monoisotopic (exact) mass is 354 g/mol. The van der Waals surface area contributed by atoms with Crippen molar-refractivity contribution in [2.24, 2.45) is 0 Å². The number of piperidine rings is 1. The minimum atomic E-state index is -1.87. The maximum absolute atomic E-state index is 11.0. The van der Waals surface area contributed by atoms with Gasteiger partial charge in [0.25, 0.3) is 7.41 Å². The van der Waals surface area contributed by atoms with E-state index in [1.165, 1.54) is 0 Å². The molecule has 1 N–H and O–H groups in total. The van der Waals surface area contributed by atoms with Gasteiger partial charge < -0.3 is 14.0 Å². The Hall–Kier alpha value is -0.468. The Kier molecular flexibility index (Phi) is 8.35. The van der Waals surface area contributed by atoms with Crippen LogP contribution in [0.25, 0.3) is 0 Å². The van der Waals surface area contributed by atoms with Gasteiger partial charge in [-0.2, -0.15) is 5.48 Å². The standard InChI is InChI=1S/C17H35BN2O3Si/c1-8-10-22-19-15-12-20(18-13-21)14(9-2)11-16(15)23-24(6,7)17(3,4)5/h8,13-16,18-19H,1,9-12H2,2-7H3/t14-,15+,16+/m1/s1. The summed E-state index contributed by atoms with van der Waals surface area (Å²) >= 11 is 0. The number of rotatable bonds is 9. The van der Waals surface area contributed by atoms with Crippen LogP contribution in [-0.4, -0.2) is 58.1 Å². The molecular formula is C17H35BN2O3Si. The lowest BCUT2D eigenvalue weighted by Gasteiger charge is -2.47. The highest BCUT2D eigenvalue weighted by Crippen LogP contribution is 2.39. The molecule has 1 aliphatic heterocycles. The van der Waals surface area contributed by atoms with Crippen molar-refractivity contribution in [3.63, 3.8) is 0 Å². The molecule has 1 saturated heterocycles. The highest BCUT2D eigenvalue weighted by molar-refractivity contribution is 6.74. The maximum atomic E-state index is 11.0. The van der Waals surface area contributed by atoms with Crippen molar-refractivity contribution >= 4 is 21.9 Å². The van der Waals surface area contributed by atoms with Gasteiger partial charge in [-0.05, 0) is 31.0 Å². The van der Waals surface area contributed by atoms with E-state index in [-0.39, 0.29) is 17.2 Å². The molecule has 0 saturated carbocycles. The van der Waals surface area contributed by atoms with Crippen LogP contribution in [0.3, 0.4) is 0 Å². The van der Waals surface area contributed by atoms with Crippen LogP contribution < -0.4 is 5.48 Å². The molecule has 0 aromatic rings. The number of carbonyl (C=O) groups is 1. The predicted octanol–water partition coefficient (Wildman–Crippen LogP) is 2.48. The van der Waals surface area contributed by atoms with Crippen LogP contribution in [0.15, 0.2) is 12.7 Å². The van der Waals surface area contributed by atoms with Gasteiger partial charge in [0, 0.05) is 12.6 Å². The molecule has 7 heteroatoms. The summed E-state index contributed by atoms with van der Waals surface area (Å²) in [6, 6.07) is 0.434. The average molecular weight is 354 g/mol. The Balaban J connectivity index is 2.89. The van der Waals surface area contributed by atoms with Gasteiger partial charge >= 0.3 is 0 Å². The normalized spacial score (nSPS) is 26.2. The number of hydrogen-bond acceptors (Lipinski definition) is 5. The molecule has 1 rings (SSSR count). The fourth-order valence-electron chi connectivity index (χ4n) is 2.86. The smallest absolute Gasteiger partial charge is 0.281 e. The van der Waals surface area contributed by atoms with E-state index < -0.39 is 8.32 Å². The number of nitrogens with zero attached hydrogens (tertiary/aromatic N) is 1. The van der Waals surface area contributed by atoms with Crippen LogP contribution >= 0.6 is 0 Å². The van der Waals surface area contributed by atoms with E-state index >= 15 is 0 Å². The Labute approximate surface area is 149 Å². The summed E-state index contributed by atoms with van der Waals surface area (Å²) in [5.74, 6) is 0. The molecule has 5 nitrogen and oxygen atoms in total. The fraction of sp³-hybridized carbons (Fsp3) is 0.824. The Bertz CT molecular complexity index is 415. The first kappa shape index (κ1) is 21.6. The van der Waals surface area contributed by atoms with Crippen LogP contribution in [-0.2, 0) is 14.1 Å². The summed E-state index contributed by atoms with van der Waals surface area (Å²) < 4.78 is 6.70. The van der Waals surface area contributed by atoms with Crippen LogP contribution in [0.5, 0.6) is 0 Å². The van der Waals surface area contributed by atoms with Crippen LogP contribution in [0.1, 0.15) is 40.5 Å². The van der Waals surface area contributed by atoms with Gasteiger partial charge in [0.15, 0.2) is 8.32 Å². The first-order valence-electron chi connectivity index (χ1n) is 9.00. The van der Waals surface area contributed by atoms with Gasteiger partial charge in [0.05, 0.1) is 24.9 Å². The first-order valence-corrected chi connectivity index (χ1v) is 11.9. The van der Waals surface area contributed by atoms with E-state index in [1.807, 2.05) is 0 Å². The lowest BCUT2D eigenvalue weighted by molar-refractivity contribution is -0.0381. The maximum Gasteiger partial charge on any atom is 0.281 e. The van der Waals surface area contributed by atoms with Crippen LogP contribution in [0, 0.1) is 0 Å². The van der Waals surface area contributed by atoms with E-state index in [2.05, 4.69) is 57.7 Å². The molecule has 1 fully saturated rings. The SMILES string of the molecule is C=CCON[C@H]1CN(BC=O)[C@H](CC)C[C@@H]1O[Si](C)(C)C(C)(C)C. The second kappa shape index (κ2) is 9.29. The number of carbonyl (C=O) groups excluding carboxylic acids is 1. The lowest BCUT2D eigenvalue weighted by Crippen LogP contribution is -2.61. The van der Waals surface area contributed by atoms with Crippen molar-refractivity contribution in [3.8, 4) is 0 Å². The molecule has 0 spiro atoms. The molecule has 0 radical (unpaired) electrons. The third kappa shape index (κ3) is 5.81. The molecule has 1 heterocycles. The predicted molar refractivity (Wildman–Crippen MR) is 104 cm³/mol. The van der Waals surface area contributed by atoms with Crippen molar-refractivity contribution in [3.05, 3.63) is 12.7 Å². The van der Waals surface area contributed by atoms with Crippen molar-refractivity contribution in [2.45, 2.75) is 76.9 Å². The highest BCUT2D eigenvalue weighted by Gasteiger charge is 2.43. The largest absolute Gasteiger partial charge is 0.412 e. The summed E-state index contributed by atoms with van der Waals surface area (Å²) in [5, 5.41) is 0.168. The van der Waals surface area contributed by atoms with E-state index in [9.17, 15) is 4.79 Å². The van der Waals surface area contributed by atoms with E-state index in [0.29, 0.717) is 20.1 Å². The average Bonchev–Trinajstić information content (AvgIpc) is 2.48. The lowest BCUT2D eigenvalue weighted by atomic mass is 9.83. The molecule has 0 amide bonds. The van der Waals surface area contributed by atoms with Gasteiger partial charge in [-0.25, -0.2) is 0 Å². The van der Waals surface area contributed by atoms with Gasteiger partial charge in [-0.15, -0.1) is 6.58 Å². The molecule has 24 heavy (non-hydrogen) atoms. The summed E-state index contributed by atoms with van der Waals surface area (Å²) in [6.45, 7) is 18.4. The van der Waals surface area contributed by atoms with E-state index in [0.717, 1.165) is 25.6 Å². The van der Waals surface area contributed by atoms with Crippen molar-refractivity contribution in [1.29, 1.82) is 0 Å². The van der Waals surface area contributed by atoms with Crippen LogP contribution in [0.4, 0.5) is 0 Å². The van der Waals surface area contributed by atoms with Crippen molar-refractivity contribution < 1.29 is 14.1 Å². The zero-order valence-corrected chi connectivity index (χ0v) is 17.3. The Morgan fingerprint density at radius 3 is 2.58 bits per heavy atom. The highest BCUT2D eigenvalue weighted by atomic mass is 28.4. The minimum Gasteiger partial charge on any atom is -0.412 e. The molecule has 0 unspecified atom stereocenters. The molecular weight excluding hydrogens is 319 g/mol. The topological polar surface area (TPSA) is 50.8 Å². The molecule has 138 valence electrons. The molecule has 1 aliphatic rings. The van der Waals surface area contributed by atoms with Gasteiger partial charge in [-0.1, -0.05) is 33.8 Å². The summed E-state index contributed by atoms with van der Waals surface area (Å²) in [6.07, 6.45) is 4.75. The fourth-order valence-corrected chi connectivity index (χ4v) is 4.23. The third-order valence-electron chi connectivity index (χ3n) is 5.37. The number of hydrogen-bond donors (Lipinski definition) is 1. The number of hydroxylamine groups is 1. The number of nitrogens with one attached hydrogen (secondary N) is 1. The van der Waals surface area contributed by atoms with Crippen LogP contribution in [0.2, 0.25) is 18.1 Å². The molecule has 0 aromatic heterocycles. The summed E-state index contributed by atoms with van der Waals surface area (Å²) in [5.41, 5.74) is 3.15. The minimum absolute atomic E-state index is 0.0572. The zero-order valence-electron chi connectivity index (χ0n) is 16.3. The first-order chi connectivity index (χ1) is 11.2. The molecule has 0 aromatic carbocycles. The Morgan fingerprint density at radius 2 is 2.08 bits per heavy atom. The second-order valence-corrected chi connectivity index (χ2v) is 12.9. The summed E-state index contributed by atoms with van der Waals surface area (Å²) in [7, 11) is -1.41. The van der Waals surface area contributed by atoms with E-state index in [1.54, 1.807) is 6.08 Å². The van der Waals surface area contributed by atoms with Gasteiger partial charge in [0.1, 0.15) is 0 Å². The van der Waals surface area contributed by atoms with Crippen molar-refractivity contribution in [2.75, 3.05) is 13.2 Å². The third-order valence-corrected chi connectivity index (χ3v) is 9.87. The van der Waals surface area contributed by atoms with Crippen molar-refractivity contribution in [1.82, 2.24) is 10.3 Å². The molecule has 0 bridgehead atoms. The zero-order chi connectivity index (χ0) is 18.4.